The second-order valence-electron chi connectivity index (χ2n) is 3.36. The van der Waals surface area contributed by atoms with E-state index in [1.54, 1.807) is 7.11 Å². The van der Waals surface area contributed by atoms with Gasteiger partial charge in [0.1, 0.15) is 0 Å². The zero-order valence-corrected chi connectivity index (χ0v) is 9.88. The van der Waals surface area contributed by atoms with Gasteiger partial charge in [-0.1, -0.05) is 12.2 Å². The third-order valence-electron chi connectivity index (χ3n) is 1.63. The highest BCUT2D eigenvalue weighted by Crippen LogP contribution is 1.86. The fraction of sp³-hybridized carbons (Fsp3) is 0.818. The number of hydrogen-bond acceptors (Lipinski definition) is 4. The predicted molar refractivity (Wildman–Crippen MR) is 61.2 cm³/mol. The van der Waals surface area contributed by atoms with Crippen LogP contribution < -0.4 is 5.32 Å². The highest BCUT2D eigenvalue weighted by atomic mass is 16.5. The minimum atomic E-state index is 0.645. The molecule has 0 fully saturated rings. The Hall–Kier alpha value is -0.420. The first-order chi connectivity index (χ1) is 7.27. The molecular weight excluding hydrogens is 194 g/mol. The molecule has 0 atom stereocenters. The van der Waals surface area contributed by atoms with E-state index < -0.39 is 0 Å². The highest BCUT2D eigenvalue weighted by Gasteiger charge is 1.90. The van der Waals surface area contributed by atoms with E-state index >= 15 is 0 Å². The second kappa shape index (κ2) is 11.7. The summed E-state index contributed by atoms with van der Waals surface area (Å²) in [7, 11) is 1.67. The van der Waals surface area contributed by atoms with Gasteiger partial charge in [-0.3, -0.25) is 0 Å². The standard InChI is InChI=1S/C11H23NO3/c1-11(2)10-15-7-5-12-4-6-14-9-8-13-3/h12H,1,4-10H2,2-3H3. The molecule has 0 saturated heterocycles. The van der Waals surface area contributed by atoms with Crippen molar-refractivity contribution in [2.24, 2.45) is 0 Å². The van der Waals surface area contributed by atoms with E-state index in [2.05, 4.69) is 11.9 Å². The molecule has 4 nitrogen and oxygen atoms in total. The van der Waals surface area contributed by atoms with Crippen molar-refractivity contribution in [3.05, 3.63) is 12.2 Å². The Labute approximate surface area is 92.6 Å². The van der Waals surface area contributed by atoms with Crippen LogP contribution in [-0.2, 0) is 14.2 Å². The van der Waals surface area contributed by atoms with E-state index in [-0.39, 0.29) is 0 Å². The zero-order chi connectivity index (χ0) is 11.4. The molecule has 4 heteroatoms. The summed E-state index contributed by atoms with van der Waals surface area (Å²) in [4.78, 5) is 0. The Balaban J connectivity index is 2.89. The molecule has 1 N–H and O–H groups in total. The molecule has 0 saturated carbocycles. The van der Waals surface area contributed by atoms with Crippen LogP contribution in [-0.4, -0.2) is 53.2 Å². The summed E-state index contributed by atoms with van der Waals surface area (Å²) < 4.78 is 15.4. The molecular formula is C11H23NO3. The number of ether oxygens (including phenoxy) is 3. The molecule has 0 amide bonds. The molecule has 0 aromatic rings. The van der Waals surface area contributed by atoms with E-state index in [4.69, 9.17) is 14.2 Å². The maximum atomic E-state index is 5.32. The molecule has 0 unspecified atom stereocenters. The minimum absolute atomic E-state index is 0.645. The molecule has 0 spiro atoms. The highest BCUT2D eigenvalue weighted by molar-refractivity contribution is 4.87. The van der Waals surface area contributed by atoms with Crippen molar-refractivity contribution in [2.45, 2.75) is 6.92 Å². The summed E-state index contributed by atoms with van der Waals surface area (Å²) in [5.41, 5.74) is 1.05. The molecule has 0 aliphatic heterocycles. The van der Waals surface area contributed by atoms with Crippen LogP contribution in [0.4, 0.5) is 0 Å². The van der Waals surface area contributed by atoms with Gasteiger partial charge in [0, 0.05) is 20.2 Å². The summed E-state index contributed by atoms with van der Waals surface area (Å²) in [5, 5.41) is 3.22. The SMILES string of the molecule is C=C(C)COCCNCCOCCOC. The van der Waals surface area contributed by atoms with Crippen LogP contribution in [0.2, 0.25) is 0 Å². The Kier molecular flexibility index (Phi) is 11.3. The topological polar surface area (TPSA) is 39.7 Å². The Bertz CT molecular complexity index is 151. The molecule has 0 bridgehead atoms. The van der Waals surface area contributed by atoms with Crippen LogP contribution in [0.5, 0.6) is 0 Å². The summed E-state index contributed by atoms with van der Waals surface area (Å²) in [6.45, 7) is 10.8. The maximum absolute atomic E-state index is 5.32. The first-order valence-corrected chi connectivity index (χ1v) is 5.27. The van der Waals surface area contributed by atoms with Crippen molar-refractivity contribution in [1.82, 2.24) is 5.32 Å². The maximum Gasteiger partial charge on any atom is 0.0700 e. The van der Waals surface area contributed by atoms with Crippen molar-refractivity contribution in [2.75, 3.05) is 53.2 Å². The third-order valence-corrected chi connectivity index (χ3v) is 1.63. The lowest BCUT2D eigenvalue weighted by atomic mass is 10.4. The molecule has 0 rings (SSSR count). The quantitative estimate of drug-likeness (QED) is 0.411. The summed E-state index contributed by atoms with van der Waals surface area (Å²) in [6, 6.07) is 0. The van der Waals surface area contributed by atoms with Gasteiger partial charge in [-0.05, 0) is 6.92 Å². The van der Waals surface area contributed by atoms with E-state index in [1.807, 2.05) is 6.92 Å². The number of rotatable bonds is 11. The Morgan fingerprint density at radius 3 is 2.33 bits per heavy atom. The fourth-order valence-electron chi connectivity index (χ4n) is 0.904. The largest absolute Gasteiger partial charge is 0.382 e. The lowest BCUT2D eigenvalue weighted by Gasteiger charge is -2.06. The second-order valence-corrected chi connectivity index (χ2v) is 3.36. The molecule has 0 aliphatic carbocycles. The van der Waals surface area contributed by atoms with Crippen LogP contribution in [0.15, 0.2) is 12.2 Å². The van der Waals surface area contributed by atoms with Crippen molar-refractivity contribution >= 4 is 0 Å². The van der Waals surface area contributed by atoms with E-state index in [9.17, 15) is 0 Å². The van der Waals surface area contributed by atoms with Gasteiger partial charge in [0.25, 0.3) is 0 Å². The summed E-state index contributed by atoms with van der Waals surface area (Å²) >= 11 is 0. The van der Waals surface area contributed by atoms with Crippen molar-refractivity contribution in [3.63, 3.8) is 0 Å². The van der Waals surface area contributed by atoms with Gasteiger partial charge < -0.3 is 19.5 Å². The van der Waals surface area contributed by atoms with Crippen molar-refractivity contribution in [1.29, 1.82) is 0 Å². The van der Waals surface area contributed by atoms with Crippen LogP contribution in [0.1, 0.15) is 6.92 Å². The minimum Gasteiger partial charge on any atom is -0.382 e. The number of methoxy groups -OCH3 is 1. The number of hydrogen-bond donors (Lipinski definition) is 1. The van der Waals surface area contributed by atoms with Crippen molar-refractivity contribution in [3.8, 4) is 0 Å². The zero-order valence-electron chi connectivity index (χ0n) is 9.88. The first kappa shape index (κ1) is 14.6. The van der Waals surface area contributed by atoms with Gasteiger partial charge >= 0.3 is 0 Å². The van der Waals surface area contributed by atoms with E-state index in [0.717, 1.165) is 18.7 Å². The lowest BCUT2D eigenvalue weighted by Crippen LogP contribution is -2.24. The summed E-state index contributed by atoms with van der Waals surface area (Å²) in [6.07, 6.45) is 0. The van der Waals surface area contributed by atoms with E-state index in [0.29, 0.717) is 33.0 Å². The molecule has 90 valence electrons. The fourth-order valence-corrected chi connectivity index (χ4v) is 0.904. The third kappa shape index (κ3) is 13.6. The van der Waals surface area contributed by atoms with Gasteiger partial charge in [-0.25, -0.2) is 0 Å². The Morgan fingerprint density at radius 1 is 1.07 bits per heavy atom. The molecule has 0 radical (unpaired) electrons. The van der Waals surface area contributed by atoms with Gasteiger partial charge in [0.05, 0.1) is 33.0 Å². The molecule has 15 heavy (non-hydrogen) atoms. The van der Waals surface area contributed by atoms with E-state index in [1.165, 1.54) is 0 Å². The van der Waals surface area contributed by atoms with Crippen LogP contribution >= 0.6 is 0 Å². The molecule has 0 aromatic heterocycles. The Morgan fingerprint density at radius 2 is 1.73 bits per heavy atom. The smallest absolute Gasteiger partial charge is 0.0700 e. The van der Waals surface area contributed by atoms with Crippen LogP contribution in [0.3, 0.4) is 0 Å². The van der Waals surface area contributed by atoms with Crippen LogP contribution in [0, 0.1) is 0 Å². The van der Waals surface area contributed by atoms with Gasteiger partial charge in [-0.15, -0.1) is 0 Å². The average molecular weight is 217 g/mol. The first-order valence-electron chi connectivity index (χ1n) is 5.27. The molecule has 0 aliphatic rings. The van der Waals surface area contributed by atoms with Crippen LogP contribution in [0.25, 0.3) is 0 Å². The van der Waals surface area contributed by atoms with Gasteiger partial charge in [-0.2, -0.15) is 0 Å². The van der Waals surface area contributed by atoms with Gasteiger partial charge in [0.2, 0.25) is 0 Å². The molecule has 0 aromatic carbocycles. The van der Waals surface area contributed by atoms with Crippen molar-refractivity contribution < 1.29 is 14.2 Å². The molecule has 0 heterocycles. The normalized spacial score (nSPS) is 10.5. The summed E-state index contributed by atoms with van der Waals surface area (Å²) in [5.74, 6) is 0. The van der Waals surface area contributed by atoms with Gasteiger partial charge in [0.15, 0.2) is 0 Å². The average Bonchev–Trinajstić information content (AvgIpc) is 2.20. The lowest BCUT2D eigenvalue weighted by molar-refractivity contribution is 0.0709. The monoisotopic (exact) mass is 217 g/mol. The predicted octanol–water partition coefficient (Wildman–Crippen LogP) is 0.832. The number of nitrogens with one attached hydrogen (secondary N) is 1.